The van der Waals surface area contributed by atoms with Crippen molar-refractivity contribution in [3.8, 4) is 0 Å². The Kier molecular flexibility index (Phi) is 21.9. The molecule has 1 atom stereocenters. The fourth-order valence-electron chi connectivity index (χ4n) is 4.15. The molecular weight excluding hydrogens is 440 g/mol. The van der Waals surface area contributed by atoms with Crippen LogP contribution in [0, 0.1) is 0 Å². The summed E-state index contributed by atoms with van der Waals surface area (Å²) in [6.45, 7) is 4.09. The van der Waals surface area contributed by atoms with Crippen molar-refractivity contribution in [2.75, 3.05) is 26.4 Å². The highest BCUT2D eigenvalue weighted by Gasteiger charge is 2.18. The molecule has 0 spiro atoms. The van der Waals surface area contributed by atoms with E-state index in [1.807, 2.05) is 30.3 Å². The lowest BCUT2D eigenvalue weighted by molar-refractivity contribution is -0.156. The molecular formula is C30H52O5. The van der Waals surface area contributed by atoms with Gasteiger partial charge in [-0.3, -0.25) is 0 Å². The summed E-state index contributed by atoms with van der Waals surface area (Å²) in [5, 5.41) is 9.28. The van der Waals surface area contributed by atoms with E-state index in [-0.39, 0.29) is 13.2 Å². The van der Waals surface area contributed by atoms with Crippen molar-refractivity contribution in [3.63, 3.8) is 0 Å². The molecule has 1 unspecified atom stereocenters. The van der Waals surface area contributed by atoms with Crippen molar-refractivity contribution in [1.29, 1.82) is 0 Å². The number of carboxylic acids is 1. The minimum absolute atomic E-state index is 0.0311. The third-order valence-corrected chi connectivity index (χ3v) is 6.35. The van der Waals surface area contributed by atoms with Gasteiger partial charge < -0.3 is 19.3 Å². The third-order valence-electron chi connectivity index (χ3n) is 6.35. The van der Waals surface area contributed by atoms with E-state index in [9.17, 15) is 9.90 Å². The van der Waals surface area contributed by atoms with Gasteiger partial charge in [0.1, 0.15) is 0 Å². The molecule has 0 fully saturated rings. The minimum atomic E-state index is -1.00. The maximum atomic E-state index is 11.3. The Morgan fingerprint density at radius 3 is 1.71 bits per heavy atom. The van der Waals surface area contributed by atoms with E-state index in [2.05, 4.69) is 6.92 Å². The predicted molar refractivity (Wildman–Crippen MR) is 144 cm³/mol. The van der Waals surface area contributed by atoms with Crippen LogP contribution in [0.3, 0.4) is 0 Å². The maximum absolute atomic E-state index is 11.3. The standard InChI is InChI=1S/C30H52O5/c1-2-3-4-5-6-7-8-9-10-11-12-13-14-15-16-20-23-33-24-25-35-29(30(31)32)27-34-26-28-21-18-17-19-22-28/h17-19,21-22,29H,2-16,20,23-27H2,1H3,(H,31,32). The van der Waals surface area contributed by atoms with Crippen molar-refractivity contribution in [1.82, 2.24) is 0 Å². The Morgan fingerprint density at radius 2 is 1.20 bits per heavy atom. The summed E-state index contributed by atoms with van der Waals surface area (Å²) in [6, 6.07) is 9.69. The van der Waals surface area contributed by atoms with Crippen LogP contribution in [0.4, 0.5) is 0 Å². The first-order chi connectivity index (χ1) is 17.2. The number of benzene rings is 1. The second-order valence-electron chi connectivity index (χ2n) is 9.61. The Labute approximate surface area is 214 Å². The van der Waals surface area contributed by atoms with Gasteiger partial charge in [0.05, 0.1) is 26.4 Å². The van der Waals surface area contributed by atoms with Crippen molar-refractivity contribution >= 4 is 5.97 Å². The van der Waals surface area contributed by atoms with Gasteiger partial charge in [-0.1, -0.05) is 134 Å². The maximum Gasteiger partial charge on any atom is 0.335 e. The van der Waals surface area contributed by atoms with Gasteiger partial charge in [-0.25, -0.2) is 4.79 Å². The Balaban J connectivity index is 1.81. The van der Waals surface area contributed by atoms with E-state index in [0.717, 1.165) is 12.0 Å². The quantitative estimate of drug-likeness (QED) is 0.133. The molecule has 0 aliphatic carbocycles. The number of carboxylic acid groups (broad SMARTS) is 1. The fourth-order valence-corrected chi connectivity index (χ4v) is 4.15. The van der Waals surface area contributed by atoms with E-state index in [4.69, 9.17) is 14.2 Å². The first kappa shape index (κ1) is 31.6. The zero-order chi connectivity index (χ0) is 25.2. The zero-order valence-corrected chi connectivity index (χ0v) is 22.4. The molecule has 1 rings (SSSR count). The average Bonchev–Trinajstić information content (AvgIpc) is 2.87. The molecule has 0 amide bonds. The van der Waals surface area contributed by atoms with E-state index in [1.165, 1.54) is 96.3 Å². The van der Waals surface area contributed by atoms with Gasteiger partial charge >= 0.3 is 5.97 Å². The number of ether oxygens (including phenoxy) is 3. The van der Waals surface area contributed by atoms with E-state index < -0.39 is 12.1 Å². The molecule has 0 radical (unpaired) electrons. The van der Waals surface area contributed by atoms with Crippen molar-refractivity contribution in [2.45, 2.75) is 122 Å². The Bertz CT molecular complexity index is 577. The lowest BCUT2D eigenvalue weighted by Gasteiger charge is -2.14. The van der Waals surface area contributed by atoms with Crippen LogP contribution in [0.5, 0.6) is 0 Å². The summed E-state index contributed by atoms with van der Waals surface area (Å²) in [5.74, 6) is -1.00. The summed E-state index contributed by atoms with van der Waals surface area (Å²) in [5.41, 5.74) is 1.01. The summed E-state index contributed by atoms with van der Waals surface area (Å²) < 4.78 is 16.5. The normalized spacial score (nSPS) is 12.1. The van der Waals surface area contributed by atoms with Crippen molar-refractivity contribution < 1.29 is 24.1 Å². The molecule has 1 N–H and O–H groups in total. The van der Waals surface area contributed by atoms with E-state index in [0.29, 0.717) is 19.8 Å². The minimum Gasteiger partial charge on any atom is -0.479 e. The van der Waals surface area contributed by atoms with Crippen LogP contribution in [-0.4, -0.2) is 43.6 Å². The van der Waals surface area contributed by atoms with E-state index in [1.54, 1.807) is 0 Å². The molecule has 1 aromatic rings. The summed E-state index contributed by atoms with van der Waals surface area (Å²) in [4.78, 5) is 11.3. The lowest BCUT2D eigenvalue weighted by atomic mass is 10.0. The molecule has 0 bridgehead atoms. The van der Waals surface area contributed by atoms with E-state index >= 15 is 0 Å². The summed E-state index contributed by atoms with van der Waals surface area (Å²) in [6.07, 6.45) is 20.8. The lowest BCUT2D eigenvalue weighted by Crippen LogP contribution is -2.30. The topological polar surface area (TPSA) is 65.0 Å². The molecule has 0 saturated carbocycles. The van der Waals surface area contributed by atoms with Crippen molar-refractivity contribution in [2.24, 2.45) is 0 Å². The SMILES string of the molecule is CCCCCCCCCCCCCCCCCCOCCOC(COCc1ccccc1)C(=O)O. The molecule has 0 aromatic heterocycles. The van der Waals surface area contributed by atoms with Crippen LogP contribution >= 0.6 is 0 Å². The summed E-state index contributed by atoms with van der Waals surface area (Å²) >= 11 is 0. The van der Waals surface area contributed by atoms with Gasteiger partial charge in [0.25, 0.3) is 0 Å². The first-order valence-corrected chi connectivity index (χ1v) is 14.3. The number of carbonyl (C=O) groups is 1. The molecule has 0 heterocycles. The number of rotatable bonds is 26. The number of hydrogen-bond donors (Lipinski definition) is 1. The van der Waals surface area contributed by atoms with Gasteiger partial charge in [0, 0.05) is 6.61 Å². The monoisotopic (exact) mass is 492 g/mol. The van der Waals surface area contributed by atoms with Gasteiger partial charge in [-0.2, -0.15) is 0 Å². The summed E-state index contributed by atoms with van der Waals surface area (Å²) in [7, 11) is 0. The van der Waals surface area contributed by atoms with Gasteiger partial charge in [-0.15, -0.1) is 0 Å². The second-order valence-corrected chi connectivity index (χ2v) is 9.61. The Morgan fingerprint density at radius 1 is 0.686 bits per heavy atom. The van der Waals surface area contributed by atoms with Crippen LogP contribution in [0.15, 0.2) is 30.3 Å². The average molecular weight is 493 g/mol. The highest BCUT2D eigenvalue weighted by molar-refractivity contribution is 5.72. The Hall–Kier alpha value is -1.43. The molecule has 202 valence electrons. The highest BCUT2D eigenvalue weighted by Crippen LogP contribution is 2.13. The van der Waals surface area contributed by atoms with Crippen LogP contribution in [0.2, 0.25) is 0 Å². The molecule has 35 heavy (non-hydrogen) atoms. The molecule has 5 heteroatoms. The predicted octanol–water partition coefficient (Wildman–Crippen LogP) is 7.95. The van der Waals surface area contributed by atoms with Crippen LogP contribution in [0.25, 0.3) is 0 Å². The zero-order valence-electron chi connectivity index (χ0n) is 22.4. The molecule has 0 aliphatic rings. The van der Waals surface area contributed by atoms with Crippen LogP contribution in [0.1, 0.15) is 115 Å². The molecule has 0 saturated heterocycles. The van der Waals surface area contributed by atoms with Crippen LogP contribution < -0.4 is 0 Å². The van der Waals surface area contributed by atoms with Gasteiger partial charge in [0.15, 0.2) is 6.10 Å². The van der Waals surface area contributed by atoms with Gasteiger partial charge in [0.2, 0.25) is 0 Å². The second kappa shape index (κ2) is 24.3. The largest absolute Gasteiger partial charge is 0.479 e. The van der Waals surface area contributed by atoms with Crippen molar-refractivity contribution in [3.05, 3.63) is 35.9 Å². The molecule has 5 nitrogen and oxygen atoms in total. The highest BCUT2D eigenvalue weighted by atomic mass is 16.6. The number of unbranched alkanes of at least 4 members (excludes halogenated alkanes) is 15. The van der Waals surface area contributed by atoms with Gasteiger partial charge in [-0.05, 0) is 12.0 Å². The van der Waals surface area contributed by atoms with Crippen LogP contribution in [-0.2, 0) is 25.6 Å². The third kappa shape index (κ3) is 20.5. The first-order valence-electron chi connectivity index (χ1n) is 14.3. The molecule has 1 aromatic carbocycles. The fraction of sp³-hybridized carbons (Fsp3) is 0.767. The smallest absolute Gasteiger partial charge is 0.335 e. The molecule has 0 aliphatic heterocycles. The number of aliphatic carboxylic acids is 1. The number of hydrogen-bond acceptors (Lipinski definition) is 4.